The predicted octanol–water partition coefficient (Wildman–Crippen LogP) is 3.64. The van der Waals surface area contributed by atoms with E-state index >= 15 is 0 Å². The maximum absolute atomic E-state index is 13.4. The molecule has 5 atom stereocenters. The second-order valence-corrected chi connectivity index (χ2v) is 13.4. The minimum Gasteiger partial charge on any atom is -0.463 e. The molecule has 2 fully saturated rings. The number of nitriles is 1. The lowest BCUT2D eigenvalue weighted by molar-refractivity contribution is -0.206. The Bertz CT molecular complexity index is 1680. The van der Waals surface area contributed by atoms with Gasteiger partial charge in [0.05, 0.1) is 12.1 Å². The van der Waals surface area contributed by atoms with Crippen molar-refractivity contribution in [1.29, 1.82) is 5.26 Å². The number of alkyl carbamates (subject to hydrolysis) is 1. The van der Waals surface area contributed by atoms with Crippen LogP contribution in [0.15, 0.2) is 48.8 Å². The van der Waals surface area contributed by atoms with Crippen LogP contribution in [-0.4, -0.2) is 74.9 Å². The molecule has 14 heteroatoms. The normalized spacial score (nSPS) is 23.9. The Morgan fingerprint density at radius 3 is 2.47 bits per heavy atom. The predicted molar refractivity (Wildman–Crippen MR) is 167 cm³/mol. The summed E-state index contributed by atoms with van der Waals surface area (Å²) in [6.07, 6.45) is -1.91. The smallest absolute Gasteiger partial charge is 0.408 e. The molecule has 4 heterocycles. The highest BCUT2D eigenvalue weighted by Crippen LogP contribution is 2.49. The first-order valence-corrected chi connectivity index (χ1v) is 15.4. The molecule has 5 rings (SSSR count). The van der Waals surface area contributed by atoms with Crippen LogP contribution in [0.1, 0.15) is 59.7 Å². The zero-order chi connectivity index (χ0) is 34.1. The van der Waals surface area contributed by atoms with Crippen LogP contribution in [0, 0.1) is 17.2 Å². The number of carbonyl (C=O) groups excluding carboxylic acids is 3. The molecule has 2 saturated heterocycles. The highest BCUT2D eigenvalue weighted by atomic mass is 16.8. The topological polar surface area (TPSA) is 175 Å². The molecule has 0 spiro atoms. The summed E-state index contributed by atoms with van der Waals surface area (Å²) in [6, 6.07) is 13.8. The molecule has 2 aliphatic rings. The molecular formula is C33H40N6O8. The summed E-state index contributed by atoms with van der Waals surface area (Å²) in [7, 11) is 0. The summed E-state index contributed by atoms with van der Waals surface area (Å²) in [5.41, 5.74) is -1.00. The van der Waals surface area contributed by atoms with Crippen molar-refractivity contribution in [2.75, 3.05) is 11.9 Å². The van der Waals surface area contributed by atoms with E-state index in [0.29, 0.717) is 11.2 Å². The van der Waals surface area contributed by atoms with Crippen LogP contribution in [0.25, 0.3) is 5.52 Å². The number of amides is 2. The molecule has 2 aliphatic heterocycles. The number of aromatic nitrogens is 3. The van der Waals surface area contributed by atoms with E-state index in [4.69, 9.17) is 23.7 Å². The van der Waals surface area contributed by atoms with Crippen molar-refractivity contribution in [3.8, 4) is 6.07 Å². The lowest BCUT2D eigenvalue weighted by Crippen LogP contribution is -2.48. The Morgan fingerprint density at radius 2 is 1.81 bits per heavy atom. The number of fused-ring (bicyclic) bond motifs is 2. The number of hydrogen-bond donors (Lipinski definition) is 2. The van der Waals surface area contributed by atoms with Gasteiger partial charge >= 0.3 is 12.1 Å². The van der Waals surface area contributed by atoms with E-state index in [2.05, 4.69) is 26.8 Å². The lowest BCUT2D eigenvalue weighted by Gasteiger charge is -2.29. The number of ether oxygens (including phenoxy) is 5. The molecule has 0 bridgehead atoms. The van der Waals surface area contributed by atoms with Gasteiger partial charge in [0, 0.05) is 0 Å². The van der Waals surface area contributed by atoms with E-state index in [9.17, 15) is 19.6 Å². The minimum atomic E-state index is -1.73. The highest BCUT2D eigenvalue weighted by molar-refractivity contribution is 5.98. The molecule has 2 aromatic heterocycles. The second-order valence-electron chi connectivity index (χ2n) is 13.4. The Kier molecular flexibility index (Phi) is 9.27. The minimum absolute atomic E-state index is 0.0770. The van der Waals surface area contributed by atoms with E-state index in [1.807, 2.05) is 30.3 Å². The number of carbonyl (C=O) groups is 3. The maximum Gasteiger partial charge on any atom is 0.408 e. The average Bonchev–Trinajstić information content (AvgIpc) is 3.65. The SMILES string of the molecule is CC(C)C(NC(=O)OC(C)(C)C)C(=O)Nc1ncnn2c([C@]3(C#N)O[C@H](COC(=O)Cc4ccccc4)[C@H]4OC(C)(C)O[C@H]43)ccc12. The second kappa shape index (κ2) is 12.9. The van der Waals surface area contributed by atoms with Gasteiger partial charge in [-0.15, -0.1) is 0 Å². The molecule has 2 amide bonds. The molecule has 0 radical (unpaired) electrons. The summed E-state index contributed by atoms with van der Waals surface area (Å²) < 4.78 is 31.1. The van der Waals surface area contributed by atoms with Crippen molar-refractivity contribution in [2.45, 2.75) is 96.2 Å². The maximum atomic E-state index is 13.4. The molecule has 14 nitrogen and oxygen atoms in total. The van der Waals surface area contributed by atoms with Crippen molar-refractivity contribution in [3.05, 3.63) is 60.0 Å². The zero-order valence-corrected chi connectivity index (χ0v) is 27.5. The molecular weight excluding hydrogens is 608 g/mol. The highest BCUT2D eigenvalue weighted by Gasteiger charge is 2.65. The van der Waals surface area contributed by atoms with Gasteiger partial charge in [-0.25, -0.2) is 14.3 Å². The largest absolute Gasteiger partial charge is 0.463 e. The number of esters is 1. The Labute approximate surface area is 272 Å². The van der Waals surface area contributed by atoms with Crippen LogP contribution in [0.4, 0.5) is 10.6 Å². The van der Waals surface area contributed by atoms with Gasteiger partial charge < -0.3 is 34.3 Å². The number of anilines is 1. The van der Waals surface area contributed by atoms with Crippen molar-refractivity contribution < 1.29 is 38.1 Å². The molecule has 2 N–H and O–H groups in total. The number of rotatable bonds is 9. The van der Waals surface area contributed by atoms with Crippen molar-refractivity contribution in [1.82, 2.24) is 19.9 Å². The van der Waals surface area contributed by atoms with Gasteiger partial charge in [-0.2, -0.15) is 10.4 Å². The fourth-order valence-electron chi connectivity index (χ4n) is 5.69. The summed E-state index contributed by atoms with van der Waals surface area (Å²) in [4.78, 5) is 42.8. The fourth-order valence-corrected chi connectivity index (χ4v) is 5.69. The van der Waals surface area contributed by atoms with E-state index in [-0.39, 0.29) is 24.8 Å². The van der Waals surface area contributed by atoms with E-state index in [1.165, 1.54) is 10.8 Å². The first-order chi connectivity index (χ1) is 22.1. The van der Waals surface area contributed by atoms with E-state index < -0.39 is 59.3 Å². The summed E-state index contributed by atoms with van der Waals surface area (Å²) in [6.45, 7) is 12.1. The quantitative estimate of drug-likeness (QED) is 0.324. The van der Waals surface area contributed by atoms with E-state index in [1.54, 1.807) is 60.6 Å². The van der Waals surface area contributed by atoms with Gasteiger partial charge in [0.15, 0.2) is 11.6 Å². The van der Waals surface area contributed by atoms with Crippen LogP contribution >= 0.6 is 0 Å². The molecule has 3 aromatic rings. The van der Waals surface area contributed by atoms with Crippen molar-refractivity contribution in [2.24, 2.45) is 5.92 Å². The number of nitrogens with zero attached hydrogens (tertiary/aromatic N) is 4. The molecule has 0 aliphatic carbocycles. The summed E-state index contributed by atoms with van der Waals surface area (Å²) >= 11 is 0. The first kappa shape index (κ1) is 33.8. The van der Waals surface area contributed by atoms with Crippen molar-refractivity contribution >= 4 is 29.3 Å². The van der Waals surface area contributed by atoms with Gasteiger partial charge in [0.1, 0.15) is 54.5 Å². The summed E-state index contributed by atoms with van der Waals surface area (Å²) in [5.74, 6) is -2.17. The van der Waals surface area contributed by atoms with Gasteiger partial charge in [0.25, 0.3) is 0 Å². The average molecular weight is 649 g/mol. The monoisotopic (exact) mass is 648 g/mol. The van der Waals surface area contributed by atoms with E-state index in [0.717, 1.165) is 5.56 Å². The third-order valence-corrected chi connectivity index (χ3v) is 7.69. The standard InChI is InChI=1S/C33H40N6O8/c1-19(2)25(37-30(42)47-31(3,4)5)29(41)38-28-21-13-14-23(39(21)36-18-35-28)33(17-34)27-26(45-32(6,7)46-27)22(44-33)16-43-24(40)15-20-11-9-8-10-12-20/h8-14,18-19,22,25-27H,15-16H2,1-7H3,(H,37,42)(H,35,36,38,41)/t22-,25?,26-,27-,33+/m1/s1. The molecule has 47 heavy (non-hydrogen) atoms. The lowest BCUT2D eigenvalue weighted by atomic mass is 9.92. The third kappa shape index (κ3) is 7.22. The van der Waals surface area contributed by atoms with Crippen LogP contribution in [0.5, 0.6) is 0 Å². The Balaban J connectivity index is 1.39. The van der Waals surface area contributed by atoms with Crippen LogP contribution in [-0.2, 0) is 45.3 Å². The number of hydrogen-bond acceptors (Lipinski definition) is 11. The summed E-state index contributed by atoms with van der Waals surface area (Å²) in [5, 5.41) is 20.4. The zero-order valence-electron chi connectivity index (χ0n) is 27.5. The molecule has 0 saturated carbocycles. The van der Waals surface area contributed by atoms with Gasteiger partial charge in [-0.3, -0.25) is 9.59 Å². The number of benzene rings is 1. The molecule has 250 valence electrons. The van der Waals surface area contributed by atoms with Crippen LogP contribution < -0.4 is 10.6 Å². The van der Waals surface area contributed by atoms with Crippen LogP contribution in [0.3, 0.4) is 0 Å². The third-order valence-electron chi connectivity index (χ3n) is 7.69. The fraction of sp³-hybridized carbons (Fsp3) is 0.515. The Hall–Kier alpha value is -4.58. The first-order valence-electron chi connectivity index (χ1n) is 15.4. The molecule has 1 unspecified atom stereocenters. The van der Waals surface area contributed by atoms with Crippen molar-refractivity contribution in [3.63, 3.8) is 0 Å². The Morgan fingerprint density at radius 1 is 1.09 bits per heavy atom. The van der Waals surface area contributed by atoms with Gasteiger partial charge in [0.2, 0.25) is 11.5 Å². The van der Waals surface area contributed by atoms with Crippen LogP contribution in [0.2, 0.25) is 0 Å². The van der Waals surface area contributed by atoms with Gasteiger partial charge in [-0.05, 0) is 58.2 Å². The van der Waals surface area contributed by atoms with Gasteiger partial charge in [-0.1, -0.05) is 44.2 Å². The number of nitrogens with one attached hydrogen (secondary N) is 2. The molecule has 1 aromatic carbocycles.